The number of hydrogen-bond acceptors (Lipinski definition) is 6. The van der Waals surface area contributed by atoms with E-state index >= 15 is 0 Å². The molecule has 1 aliphatic carbocycles. The van der Waals surface area contributed by atoms with Gasteiger partial charge in [0.2, 0.25) is 0 Å². The van der Waals surface area contributed by atoms with Crippen LogP contribution in [0.3, 0.4) is 0 Å². The van der Waals surface area contributed by atoms with E-state index in [4.69, 9.17) is 4.74 Å². The number of rotatable bonds is 2. The molecule has 1 aromatic rings. The minimum atomic E-state index is -0.628. The molecule has 1 N–H and O–H groups in total. The normalized spacial score (nSPS) is 36.5. The molecular weight excluding hydrogens is 434 g/mol. The Morgan fingerprint density at radius 2 is 2.00 bits per heavy atom. The van der Waals surface area contributed by atoms with E-state index in [1.54, 1.807) is 11.3 Å². The average Bonchev–Trinajstić information content (AvgIpc) is 3.16. The average molecular weight is 474 g/mol. The molecule has 2 heterocycles. The summed E-state index contributed by atoms with van der Waals surface area (Å²) in [5.41, 5.74) is 2.42. The SMILES string of the molecule is C/C1=C/CCC[C@@H]2C[C@@](C)(C(=O)[C@H](C)[C@H]2O)[C@@H](C)CC(=O)O[C@H](/C(C)=C/c2csc(C)n2)C1. The Bertz CT molecular complexity index is 932. The fourth-order valence-corrected chi connectivity index (χ4v) is 5.99. The highest BCUT2D eigenvalue weighted by Gasteiger charge is 2.50. The number of carbonyl (C=O) groups excluding carboxylic acids is 2. The zero-order valence-corrected chi connectivity index (χ0v) is 21.7. The number of aromatic nitrogens is 1. The second kappa shape index (κ2) is 10.6. The molecule has 0 amide bonds. The predicted molar refractivity (Wildman–Crippen MR) is 133 cm³/mol. The highest BCUT2D eigenvalue weighted by Crippen LogP contribution is 2.47. The highest BCUT2D eigenvalue weighted by molar-refractivity contribution is 7.09. The first-order chi connectivity index (χ1) is 15.5. The Morgan fingerprint density at radius 1 is 1.27 bits per heavy atom. The van der Waals surface area contributed by atoms with Gasteiger partial charge < -0.3 is 9.84 Å². The number of allylic oxidation sites excluding steroid dienone is 1. The summed E-state index contributed by atoms with van der Waals surface area (Å²) in [6, 6.07) is 0. The van der Waals surface area contributed by atoms with E-state index in [1.165, 1.54) is 5.57 Å². The summed E-state index contributed by atoms with van der Waals surface area (Å²) in [6.45, 7) is 11.8. The van der Waals surface area contributed by atoms with Crippen LogP contribution in [-0.4, -0.2) is 34.1 Å². The van der Waals surface area contributed by atoms with Crippen LogP contribution < -0.4 is 0 Å². The van der Waals surface area contributed by atoms with E-state index < -0.39 is 17.4 Å². The van der Waals surface area contributed by atoms with Gasteiger partial charge in [0.25, 0.3) is 0 Å². The third-order valence-electron chi connectivity index (χ3n) is 7.79. The minimum Gasteiger partial charge on any atom is -0.457 e. The van der Waals surface area contributed by atoms with Crippen LogP contribution in [0.25, 0.3) is 6.08 Å². The van der Waals surface area contributed by atoms with Crippen molar-refractivity contribution in [1.29, 1.82) is 0 Å². The maximum atomic E-state index is 13.2. The molecule has 0 aromatic carbocycles. The van der Waals surface area contributed by atoms with Crippen molar-refractivity contribution in [2.75, 3.05) is 0 Å². The van der Waals surface area contributed by atoms with Gasteiger partial charge in [-0.15, -0.1) is 11.3 Å². The molecule has 0 saturated heterocycles. The van der Waals surface area contributed by atoms with Crippen molar-refractivity contribution in [2.45, 2.75) is 92.3 Å². The molecule has 3 rings (SSSR count). The fraction of sp³-hybridized carbons (Fsp3) is 0.667. The zero-order valence-electron chi connectivity index (χ0n) is 20.9. The number of aliphatic hydroxyl groups is 1. The maximum absolute atomic E-state index is 13.2. The summed E-state index contributed by atoms with van der Waals surface area (Å²) in [4.78, 5) is 30.8. The van der Waals surface area contributed by atoms with Crippen molar-refractivity contribution in [3.63, 3.8) is 0 Å². The van der Waals surface area contributed by atoms with Crippen LogP contribution in [0.5, 0.6) is 0 Å². The lowest BCUT2D eigenvalue weighted by Crippen LogP contribution is -2.51. The number of aryl methyl sites for hydroxylation is 1. The van der Waals surface area contributed by atoms with Crippen LogP contribution in [0.2, 0.25) is 0 Å². The van der Waals surface area contributed by atoms with Gasteiger partial charge in [-0.25, -0.2) is 4.98 Å². The third-order valence-corrected chi connectivity index (χ3v) is 8.58. The van der Waals surface area contributed by atoms with Crippen LogP contribution in [0.1, 0.15) is 83.8 Å². The first-order valence-corrected chi connectivity index (χ1v) is 13.1. The van der Waals surface area contributed by atoms with E-state index in [-0.39, 0.29) is 36.1 Å². The van der Waals surface area contributed by atoms with E-state index in [0.717, 1.165) is 35.5 Å². The van der Waals surface area contributed by atoms with Crippen molar-refractivity contribution < 1.29 is 19.4 Å². The van der Waals surface area contributed by atoms with Gasteiger partial charge in [0.1, 0.15) is 11.9 Å². The van der Waals surface area contributed by atoms with Gasteiger partial charge in [-0.2, -0.15) is 0 Å². The summed E-state index contributed by atoms with van der Waals surface area (Å²) in [6.07, 6.45) is 7.51. The van der Waals surface area contributed by atoms with Crippen LogP contribution in [-0.2, 0) is 14.3 Å². The maximum Gasteiger partial charge on any atom is 0.306 e. The van der Waals surface area contributed by atoms with Gasteiger partial charge in [-0.05, 0) is 69.9 Å². The molecule has 1 aliphatic heterocycles. The number of fused-ring (bicyclic) bond motifs is 2. The van der Waals surface area contributed by atoms with Gasteiger partial charge in [0, 0.05) is 29.6 Å². The minimum absolute atomic E-state index is 0.0703. The number of Topliss-reactive ketones (excluding diaryl/α,β-unsaturated/α-hetero) is 1. The van der Waals surface area contributed by atoms with Crippen molar-refractivity contribution in [2.24, 2.45) is 23.2 Å². The summed E-state index contributed by atoms with van der Waals surface area (Å²) in [5.74, 6) is -0.681. The van der Waals surface area contributed by atoms with E-state index in [0.29, 0.717) is 12.8 Å². The van der Waals surface area contributed by atoms with Crippen molar-refractivity contribution >= 4 is 29.2 Å². The van der Waals surface area contributed by atoms with Crippen molar-refractivity contribution in [1.82, 2.24) is 4.98 Å². The predicted octanol–water partition coefficient (Wildman–Crippen LogP) is 5.91. The van der Waals surface area contributed by atoms with Gasteiger partial charge in [-0.3, -0.25) is 9.59 Å². The lowest BCUT2D eigenvalue weighted by Gasteiger charge is -2.46. The monoisotopic (exact) mass is 473 g/mol. The molecule has 5 nitrogen and oxygen atoms in total. The Morgan fingerprint density at radius 3 is 2.67 bits per heavy atom. The smallest absolute Gasteiger partial charge is 0.306 e. The van der Waals surface area contributed by atoms with Crippen LogP contribution in [0.15, 0.2) is 22.6 Å². The third kappa shape index (κ3) is 6.02. The molecular formula is C27H39NO4S. The first kappa shape index (κ1) is 25.8. The van der Waals surface area contributed by atoms with Gasteiger partial charge >= 0.3 is 5.97 Å². The number of ketones is 1. The van der Waals surface area contributed by atoms with Crippen LogP contribution in [0.4, 0.5) is 0 Å². The number of cyclic esters (lactones) is 1. The first-order valence-electron chi connectivity index (χ1n) is 12.2. The lowest BCUT2D eigenvalue weighted by molar-refractivity contribution is -0.155. The molecule has 0 spiro atoms. The molecule has 0 radical (unpaired) electrons. The Kier molecular flexibility index (Phi) is 8.33. The summed E-state index contributed by atoms with van der Waals surface area (Å²) in [5, 5.41) is 13.8. The molecule has 1 fully saturated rings. The van der Waals surface area contributed by atoms with E-state index in [2.05, 4.69) is 18.0 Å². The Hall–Kier alpha value is -1.79. The number of nitrogens with zero attached hydrogens (tertiary/aromatic N) is 1. The number of esters is 1. The summed E-state index contributed by atoms with van der Waals surface area (Å²) < 4.78 is 6.01. The molecule has 182 valence electrons. The second-order valence-electron chi connectivity index (χ2n) is 10.5. The van der Waals surface area contributed by atoms with Gasteiger partial charge in [-0.1, -0.05) is 32.4 Å². The van der Waals surface area contributed by atoms with Crippen molar-refractivity contribution in [3.8, 4) is 0 Å². The van der Waals surface area contributed by atoms with Crippen LogP contribution >= 0.6 is 11.3 Å². The number of ether oxygens (including phenoxy) is 1. The standard InChI is InChI=1S/C27H39NO4S/c1-16-9-7-8-10-21-14-27(6,26(31)19(4)25(21)30)18(3)13-24(29)32-23(11-16)17(2)12-22-15-33-20(5)28-22/h9,12,15,18-19,21,23,25,30H,7-8,10-11,13-14H2,1-6H3/b16-9-,17-12+/t18-,19+,21+,23-,25+,27+/m0/s1. The molecule has 1 aromatic heterocycles. The molecule has 0 unspecified atom stereocenters. The Labute approximate surface area is 202 Å². The second-order valence-corrected chi connectivity index (χ2v) is 11.5. The summed E-state index contributed by atoms with van der Waals surface area (Å²) >= 11 is 1.60. The molecule has 6 atom stereocenters. The van der Waals surface area contributed by atoms with Gasteiger partial charge in [0.15, 0.2) is 0 Å². The number of aliphatic hydroxyl groups excluding tert-OH is 1. The summed E-state index contributed by atoms with van der Waals surface area (Å²) in [7, 11) is 0. The lowest BCUT2D eigenvalue weighted by atomic mass is 9.58. The zero-order chi connectivity index (χ0) is 24.3. The van der Waals surface area contributed by atoms with E-state index in [1.807, 2.05) is 46.1 Å². The fourth-order valence-electron chi connectivity index (χ4n) is 5.42. The van der Waals surface area contributed by atoms with Gasteiger partial charge in [0.05, 0.1) is 16.8 Å². The largest absolute Gasteiger partial charge is 0.457 e. The van der Waals surface area contributed by atoms with E-state index in [9.17, 15) is 14.7 Å². The molecule has 33 heavy (non-hydrogen) atoms. The quantitative estimate of drug-likeness (QED) is 0.427. The topological polar surface area (TPSA) is 76.5 Å². The molecule has 1 saturated carbocycles. The Balaban J connectivity index is 1.88. The molecule has 2 aliphatic rings. The highest BCUT2D eigenvalue weighted by atomic mass is 32.1. The van der Waals surface area contributed by atoms with Crippen molar-refractivity contribution in [3.05, 3.63) is 33.3 Å². The number of hydrogen-bond donors (Lipinski definition) is 1. The number of thiazole rings is 1. The molecule has 6 heteroatoms. The van der Waals surface area contributed by atoms with Crippen LogP contribution in [0, 0.1) is 30.1 Å². The number of carbonyl (C=O) groups is 2. The molecule has 2 bridgehead atoms.